The molecule has 3 N–H and O–H groups in total. The number of aliphatic carboxylic acids is 1. The number of carbonyl (C=O) groups is 2. The van der Waals surface area contributed by atoms with Gasteiger partial charge in [0.1, 0.15) is 6.04 Å². The third kappa shape index (κ3) is 2.92. The molecule has 1 aliphatic rings. The lowest BCUT2D eigenvalue weighted by Crippen LogP contribution is -2.43. The molecule has 0 bridgehead atoms. The summed E-state index contributed by atoms with van der Waals surface area (Å²) in [5.74, 6) is -1.06. The van der Waals surface area contributed by atoms with Gasteiger partial charge in [0.2, 0.25) is 5.91 Å². The van der Waals surface area contributed by atoms with Crippen LogP contribution in [0.4, 0.5) is 0 Å². The van der Waals surface area contributed by atoms with Gasteiger partial charge < -0.3 is 15.7 Å². The fraction of sp³-hybridized carbons (Fsp3) is 0.800. The van der Waals surface area contributed by atoms with E-state index in [0.717, 1.165) is 12.8 Å². The largest absolute Gasteiger partial charge is 0.480 e. The van der Waals surface area contributed by atoms with E-state index in [0.29, 0.717) is 13.0 Å². The fourth-order valence-electron chi connectivity index (χ4n) is 1.87. The van der Waals surface area contributed by atoms with E-state index in [1.54, 1.807) is 0 Å². The molecule has 0 aliphatic carbocycles. The van der Waals surface area contributed by atoms with Crippen LogP contribution in [0.5, 0.6) is 0 Å². The van der Waals surface area contributed by atoms with Crippen molar-refractivity contribution in [2.75, 3.05) is 6.54 Å². The molecule has 0 spiro atoms. The van der Waals surface area contributed by atoms with E-state index in [9.17, 15) is 9.59 Å². The monoisotopic (exact) mass is 214 g/mol. The van der Waals surface area contributed by atoms with Crippen LogP contribution in [-0.2, 0) is 9.59 Å². The molecule has 1 amide bonds. The van der Waals surface area contributed by atoms with E-state index < -0.39 is 12.0 Å². The Labute approximate surface area is 89.2 Å². The lowest BCUT2D eigenvalue weighted by Gasteiger charge is -2.24. The van der Waals surface area contributed by atoms with Crippen molar-refractivity contribution in [2.45, 2.75) is 44.7 Å². The predicted octanol–water partition coefficient (Wildman–Crippen LogP) is 0.189. The average Bonchev–Trinajstić information content (AvgIpc) is 2.46. The van der Waals surface area contributed by atoms with Gasteiger partial charge in [0, 0.05) is 19.0 Å². The zero-order chi connectivity index (χ0) is 11.4. The Hall–Kier alpha value is -1.10. The molecular formula is C10H18N2O3. The van der Waals surface area contributed by atoms with Crippen LogP contribution >= 0.6 is 0 Å². The van der Waals surface area contributed by atoms with Gasteiger partial charge in [-0.15, -0.1) is 0 Å². The number of amides is 1. The molecule has 0 aromatic heterocycles. The van der Waals surface area contributed by atoms with Crippen molar-refractivity contribution >= 4 is 11.9 Å². The molecule has 1 saturated heterocycles. The van der Waals surface area contributed by atoms with E-state index in [4.69, 9.17) is 10.8 Å². The molecule has 1 fully saturated rings. The quantitative estimate of drug-likeness (QED) is 0.684. The smallest absolute Gasteiger partial charge is 0.326 e. The summed E-state index contributed by atoms with van der Waals surface area (Å²) >= 11 is 0. The van der Waals surface area contributed by atoms with Crippen LogP contribution in [0, 0.1) is 0 Å². The Morgan fingerprint density at radius 2 is 2.40 bits per heavy atom. The van der Waals surface area contributed by atoms with E-state index in [1.165, 1.54) is 4.90 Å². The van der Waals surface area contributed by atoms with Crippen LogP contribution in [0.3, 0.4) is 0 Å². The summed E-state index contributed by atoms with van der Waals surface area (Å²) in [6, 6.07) is -0.896. The molecule has 5 nitrogen and oxygen atoms in total. The molecule has 0 aromatic rings. The second kappa shape index (κ2) is 5.11. The molecule has 0 aromatic carbocycles. The van der Waals surface area contributed by atoms with E-state index >= 15 is 0 Å². The summed E-state index contributed by atoms with van der Waals surface area (Å²) < 4.78 is 0. The van der Waals surface area contributed by atoms with Crippen LogP contribution in [-0.4, -0.2) is 40.5 Å². The third-order valence-electron chi connectivity index (χ3n) is 2.68. The van der Waals surface area contributed by atoms with Crippen molar-refractivity contribution < 1.29 is 14.7 Å². The molecular weight excluding hydrogens is 196 g/mol. The highest BCUT2D eigenvalue weighted by molar-refractivity contribution is 5.85. The first-order valence-corrected chi connectivity index (χ1v) is 5.34. The number of carboxylic acids is 1. The first-order valence-electron chi connectivity index (χ1n) is 5.34. The summed E-state index contributed by atoms with van der Waals surface area (Å²) in [6.45, 7) is 2.37. The van der Waals surface area contributed by atoms with Crippen LogP contribution in [0.2, 0.25) is 0 Å². The summed E-state index contributed by atoms with van der Waals surface area (Å²) in [5, 5.41) is 9.03. The van der Waals surface area contributed by atoms with Crippen LogP contribution in [0.1, 0.15) is 32.6 Å². The van der Waals surface area contributed by atoms with Gasteiger partial charge in [-0.25, -0.2) is 4.79 Å². The number of rotatable bonds is 5. The van der Waals surface area contributed by atoms with Crippen LogP contribution in [0.25, 0.3) is 0 Å². The van der Waals surface area contributed by atoms with Crippen LogP contribution in [0.15, 0.2) is 0 Å². The van der Waals surface area contributed by atoms with E-state index in [-0.39, 0.29) is 18.4 Å². The lowest BCUT2D eigenvalue weighted by molar-refractivity contribution is -0.148. The maximum absolute atomic E-state index is 11.5. The number of unbranched alkanes of at least 4 members (excludes halogenated alkanes) is 1. The molecule has 0 saturated carbocycles. The normalized spacial score (nSPS) is 23.2. The molecule has 2 unspecified atom stereocenters. The predicted molar refractivity (Wildman–Crippen MR) is 55.3 cm³/mol. The number of nitrogens with zero attached hydrogens (tertiary/aromatic N) is 1. The van der Waals surface area contributed by atoms with Crippen molar-refractivity contribution in [2.24, 2.45) is 5.73 Å². The fourth-order valence-corrected chi connectivity index (χ4v) is 1.87. The second-order valence-corrected chi connectivity index (χ2v) is 4.01. The molecule has 1 heterocycles. The minimum absolute atomic E-state index is 0.133. The molecule has 1 aliphatic heterocycles. The van der Waals surface area contributed by atoms with Crippen molar-refractivity contribution in [3.63, 3.8) is 0 Å². The Morgan fingerprint density at radius 3 is 2.80 bits per heavy atom. The maximum atomic E-state index is 11.5. The highest BCUT2D eigenvalue weighted by Gasteiger charge is 2.35. The van der Waals surface area contributed by atoms with Crippen molar-refractivity contribution in [1.82, 2.24) is 4.90 Å². The van der Waals surface area contributed by atoms with E-state index in [2.05, 4.69) is 0 Å². The lowest BCUT2D eigenvalue weighted by atomic mass is 10.1. The van der Waals surface area contributed by atoms with E-state index in [1.807, 2.05) is 6.92 Å². The number of likely N-dealkylation sites (tertiary alicyclic amines) is 1. The summed E-state index contributed by atoms with van der Waals surface area (Å²) in [7, 11) is 0. The van der Waals surface area contributed by atoms with Gasteiger partial charge in [-0.1, -0.05) is 19.8 Å². The van der Waals surface area contributed by atoms with Crippen molar-refractivity contribution in [1.29, 1.82) is 0 Å². The van der Waals surface area contributed by atoms with Gasteiger partial charge in [0.25, 0.3) is 0 Å². The molecule has 2 atom stereocenters. The average molecular weight is 214 g/mol. The number of hydrogen-bond donors (Lipinski definition) is 2. The van der Waals surface area contributed by atoms with Gasteiger partial charge in [-0.3, -0.25) is 4.79 Å². The van der Waals surface area contributed by atoms with Gasteiger partial charge in [-0.05, 0) is 6.42 Å². The Morgan fingerprint density at radius 1 is 1.73 bits per heavy atom. The Kier molecular flexibility index (Phi) is 4.08. The highest BCUT2D eigenvalue weighted by atomic mass is 16.4. The number of nitrogens with two attached hydrogens (primary N) is 1. The van der Waals surface area contributed by atoms with Gasteiger partial charge in [0.05, 0.1) is 0 Å². The maximum Gasteiger partial charge on any atom is 0.326 e. The molecule has 86 valence electrons. The van der Waals surface area contributed by atoms with Crippen LogP contribution < -0.4 is 5.73 Å². The molecule has 0 radical (unpaired) electrons. The Bertz CT molecular complexity index is 255. The number of carboxylic acid groups (broad SMARTS) is 1. The zero-order valence-electron chi connectivity index (χ0n) is 8.98. The minimum atomic E-state index is -0.925. The summed E-state index contributed by atoms with van der Waals surface area (Å²) in [4.78, 5) is 23.9. The summed E-state index contributed by atoms with van der Waals surface area (Å²) in [5.41, 5.74) is 5.63. The molecule has 15 heavy (non-hydrogen) atoms. The minimum Gasteiger partial charge on any atom is -0.480 e. The van der Waals surface area contributed by atoms with Gasteiger partial charge in [-0.2, -0.15) is 0 Å². The molecule has 1 rings (SSSR count). The standard InChI is InChI=1S/C10H18N2O3/c1-2-3-4-8(10(14)15)12-6-7(11)5-9(12)13/h7-8H,2-6,11H2,1H3,(H,14,15). The van der Waals surface area contributed by atoms with Gasteiger partial charge in [0.15, 0.2) is 0 Å². The SMILES string of the molecule is CCCCC(C(=O)O)N1CC(N)CC1=O. The highest BCUT2D eigenvalue weighted by Crippen LogP contribution is 2.17. The number of carbonyl (C=O) groups excluding carboxylic acids is 1. The van der Waals surface area contributed by atoms with Crippen molar-refractivity contribution in [3.05, 3.63) is 0 Å². The first-order chi connectivity index (χ1) is 7.06. The van der Waals surface area contributed by atoms with Gasteiger partial charge >= 0.3 is 5.97 Å². The molecule has 5 heteroatoms. The summed E-state index contributed by atoms with van der Waals surface area (Å²) in [6.07, 6.45) is 2.54. The zero-order valence-corrected chi connectivity index (χ0v) is 8.98. The third-order valence-corrected chi connectivity index (χ3v) is 2.68. The number of hydrogen-bond acceptors (Lipinski definition) is 3. The first kappa shape index (κ1) is 12.0. The Balaban J connectivity index is 2.63. The second-order valence-electron chi connectivity index (χ2n) is 4.01. The topological polar surface area (TPSA) is 83.6 Å². The van der Waals surface area contributed by atoms with Crippen molar-refractivity contribution in [3.8, 4) is 0 Å².